The molecule has 0 spiro atoms. The third-order valence-corrected chi connectivity index (χ3v) is 2.84. The number of benzene rings is 1. The van der Waals surface area contributed by atoms with Gasteiger partial charge in [-0.2, -0.15) is 0 Å². The third-order valence-electron chi connectivity index (χ3n) is 2.84. The summed E-state index contributed by atoms with van der Waals surface area (Å²) in [5, 5.41) is 2.79. The van der Waals surface area contributed by atoms with Crippen molar-refractivity contribution in [1.82, 2.24) is 5.32 Å². The van der Waals surface area contributed by atoms with Crippen molar-refractivity contribution < 1.29 is 13.9 Å². The highest BCUT2D eigenvalue weighted by Gasteiger charge is 2.12. The van der Waals surface area contributed by atoms with Gasteiger partial charge in [0.2, 0.25) is 0 Å². The Balaban J connectivity index is 2.65. The van der Waals surface area contributed by atoms with Gasteiger partial charge in [0.05, 0.1) is 0 Å². The van der Waals surface area contributed by atoms with Gasteiger partial charge in [-0.1, -0.05) is 6.92 Å². The summed E-state index contributed by atoms with van der Waals surface area (Å²) in [7, 11) is 0. The predicted octanol–water partition coefficient (Wildman–Crippen LogP) is 2.14. The van der Waals surface area contributed by atoms with Gasteiger partial charge in [-0.3, -0.25) is 4.79 Å². The minimum Gasteiger partial charge on any atom is -0.483 e. The quantitative estimate of drug-likeness (QED) is 0.830. The highest BCUT2D eigenvalue weighted by atomic mass is 19.1. The first-order valence-corrected chi connectivity index (χ1v) is 6.41. The lowest BCUT2D eigenvalue weighted by atomic mass is 10.1. The molecular formula is C14H21FN2O2. The summed E-state index contributed by atoms with van der Waals surface area (Å²) in [6.07, 6.45) is 0.855. The third kappa shape index (κ3) is 4.87. The fraction of sp³-hybridized carbons (Fsp3) is 0.500. The van der Waals surface area contributed by atoms with E-state index < -0.39 is 0 Å². The zero-order valence-corrected chi connectivity index (χ0v) is 11.6. The van der Waals surface area contributed by atoms with Crippen molar-refractivity contribution in [2.24, 2.45) is 5.73 Å². The lowest BCUT2D eigenvalue weighted by Gasteiger charge is -2.15. The first kappa shape index (κ1) is 15.4. The zero-order chi connectivity index (χ0) is 14.4. The first-order chi connectivity index (χ1) is 8.93. The Hall–Kier alpha value is -1.62. The molecule has 19 heavy (non-hydrogen) atoms. The van der Waals surface area contributed by atoms with Gasteiger partial charge in [0, 0.05) is 17.6 Å². The highest BCUT2D eigenvalue weighted by Crippen LogP contribution is 2.24. The smallest absolute Gasteiger partial charge is 0.258 e. The lowest BCUT2D eigenvalue weighted by molar-refractivity contribution is -0.123. The number of hydrogen-bond acceptors (Lipinski definition) is 3. The van der Waals surface area contributed by atoms with Crippen LogP contribution in [-0.4, -0.2) is 18.6 Å². The molecule has 0 bridgehead atoms. The summed E-state index contributed by atoms with van der Waals surface area (Å²) in [5.74, 6) is -0.131. The van der Waals surface area contributed by atoms with E-state index in [4.69, 9.17) is 10.5 Å². The molecule has 0 saturated carbocycles. The standard InChI is InChI=1S/C14H21FN2O2/c1-4-9(2)17-14(18)8-19-13-6-5-11(15)7-12(13)10(3)16/h5-7,9-10H,4,8,16H2,1-3H3,(H,17,18)/t9?,10-/m0/s1. The fourth-order valence-corrected chi connectivity index (χ4v) is 1.57. The Kier molecular flexibility index (Phi) is 5.76. The van der Waals surface area contributed by atoms with Crippen LogP contribution in [0.2, 0.25) is 0 Å². The minimum absolute atomic E-state index is 0.101. The van der Waals surface area contributed by atoms with E-state index in [0.29, 0.717) is 11.3 Å². The molecule has 2 atom stereocenters. The molecule has 1 unspecified atom stereocenters. The summed E-state index contributed by atoms with van der Waals surface area (Å²) < 4.78 is 18.5. The van der Waals surface area contributed by atoms with E-state index in [2.05, 4.69) is 5.32 Å². The molecule has 0 saturated heterocycles. The number of amides is 1. The van der Waals surface area contributed by atoms with Crippen LogP contribution < -0.4 is 15.8 Å². The number of nitrogens with one attached hydrogen (secondary N) is 1. The van der Waals surface area contributed by atoms with Crippen molar-refractivity contribution in [3.63, 3.8) is 0 Å². The molecule has 0 aliphatic rings. The monoisotopic (exact) mass is 268 g/mol. The summed E-state index contributed by atoms with van der Waals surface area (Å²) in [6, 6.07) is 3.85. The maximum atomic E-state index is 13.1. The molecule has 1 aromatic rings. The van der Waals surface area contributed by atoms with Crippen LogP contribution in [0.1, 0.15) is 38.8 Å². The van der Waals surface area contributed by atoms with E-state index in [0.717, 1.165) is 6.42 Å². The van der Waals surface area contributed by atoms with E-state index in [1.165, 1.54) is 18.2 Å². The van der Waals surface area contributed by atoms with Gasteiger partial charge in [-0.05, 0) is 38.5 Å². The highest BCUT2D eigenvalue weighted by molar-refractivity contribution is 5.77. The van der Waals surface area contributed by atoms with Crippen LogP contribution in [0.3, 0.4) is 0 Å². The van der Waals surface area contributed by atoms with Gasteiger partial charge >= 0.3 is 0 Å². The topological polar surface area (TPSA) is 64.3 Å². The predicted molar refractivity (Wildman–Crippen MR) is 72.4 cm³/mol. The average Bonchev–Trinajstić information content (AvgIpc) is 2.36. The molecule has 0 aliphatic carbocycles. The van der Waals surface area contributed by atoms with Gasteiger partial charge in [0.15, 0.2) is 6.61 Å². The molecule has 0 radical (unpaired) electrons. The Morgan fingerprint density at radius 1 is 1.47 bits per heavy atom. The van der Waals surface area contributed by atoms with E-state index in [1.54, 1.807) is 6.92 Å². The molecule has 0 fully saturated rings. The van der Waals surface area contributed by atoms with Crippen LogP contribution in [0.25, 0.3) is 0 Å². The Bertz CT molecular complexity index is 435. The normalized spacial score (nSPS) is 13.7. The van der Waals surface area contributed by atoms with Crippen molar-refractivity contribution in [3.8, 4) is 5.75 Å². The van der Waals surface area contributed by atoms with Crippen LogP contribution in [0.15, 0.2) is 18.2 Å². The Morgan fingerprint density at radius 2 is 2.16 bits per heavy atom. The average molecular weight is 268 g/mol. The van der Waals surface area contributed by atoms with Crippen molar-refractivity contribution >= 4 is 5.91 Å². The van der Waals surface area contributed by atoms with Crippen LogP contribution in [0.4, 0.5) is 4.39 Å². The Labute approximate surface area is 113 Å². The van der Waals surface area contributed by atoms with Crippen molar-refractivity contribution in [2.75, 3.05) is 6.61 Å². The van der Waals surface area contributed by atoms with Gasteiger partial charge < -0.3 is 15.8 Å². The summed E-state index contributed by atoms with van der Waals surface area (Å²) >= 11 is 0. The second-order valence-corrected chi connectivity index (χ2v) is 4.64. The van der Waals surface area contributed by atoms with Gasteiger partial charge in [-0.15, -0.1) is 0 Å². The summed E-state index contributed by atoms with van der Waals surface area (Å²) in [6.45, 7) is 5.54. The van der Waals surface area contributed by atoms with Crippen LogP contribution in [0, 0.1) is 5.82 Å². The van der Waals surface area contributed by atoms with Crippen LogP contribution in [0.5, 0.6) is 5.75 Å². The number of carbonyl (C=O) groups is 1. The van der Waals surface area contributed by atoms with Crippen molar-refractivity contribution in [1.29, 1.82) is 0 Å². The maximum absolute atomic E-state index is 13.1. The molecule has 4 nitrogen and oxygen atoms in total. The molecule has 5 heteroatoms. The number of rotatable bonds is 6. The van der Waals surface area contributed by atoms with E-state index in [9.17, 15) is 9.18 Å². The lowest BCUT2D eigenvalue weighted by Crippen LogP contribution is -2.35. The number of halogens is 1. The molecule has 0 aliphatic heterocycles. The van der Waals surface area contributed by atoms with Crippen LogP contribution >= 0.6 is 0 Å². The van der Waals surface area contributed by atoms with Gasteiger partial charge in [0.1, 0.15) is 11.6 Å². The molecule has 3 N–H and O–H groups in total. The molecule has 0 heterocycles. The number of ether oxygens (including phenoxy) is 1. The molecular weight excluding hydrogens is 247 g/mol. The number of nitrogens with two attached hydrogens (primary N) is 1. The number of carbonyl (C=O) groups excluding carboxylic acids is 1. The second-order valence-electron chi connectivity index (χ2n) is 4.64. The SMILES string of the molecule is CCC(C)NC(=O)COc1ccc(F)cc1[C@H](C)N. The first-order valence-electron chi connectivity index (χ1n) is 6.41. The molecule has 106 valence electrons. The maximum Gasteiger partial charge on any atom is 0.258 e. The molecule has 1 aromatic carbocycles. The number of hydrogen-bond donors (Lipinski definition) is 2. The second kappa shape index (κ2) is 7.09. The molecule has 0 aromatic heterocycles. The van der Waals surface area contributed by atoms with Gasteiger partial charge in [0.25, 0.3) is 5.91 Å². The van der Waals surface area contributed by atoms with Crippen molar-refractivity contribution in [2.45, 2.75) is 39.3 Å². The minimum atomic E-state index is -0.372. The zero-order valence-electron chi connectivity index (χ0n) is 11.6. The molecule has 1 amide bonds. The largest absolute Gasteiger partial charge is 0.483 e. The van der Waals surface area contributed by atoms with E-state index >= 15 is 0 Å². The van der Waals surface area contributed by atoms with Gasteiger partial charge in [-0.25, -0.2) is 4.39 Å². The van der Waals surface area contributed by atoms with E-state index in [-0.39, 0.29) is 30.4 Å². The summed E-state index contributed by atoms with van der Waals surface area (Å²) in [4.78, 5) is 11.6. The van der Waals surface area contributed by atoms with E-state index in [1.807, 2.05) is 13.8 Å². The fourth-order valence-electron chi connectivity index (χ4n) is 1.57. The van der Waals surface area contributed by atoms with Crippen LogP contribution in [-0.2, 0) is 4.79 Å². The van der Waals surface area contributed by atoms with Crippen molar-refractivity contribution in [3.05, 3.63) is 29.6 Å². The molecule has 1 rings (SSSR count). The Morgan fingerprint density at radius 3 is 2.74 bits per heavy atom. The summed E-state index contributed by atoms with van der Waals surface area (Å²) in [5.41, 5.74) is 6.30.